The van der Waals surface area contributed by atoms with Gasteiger partial charge in [-0.3, -0.25) is 4.79 Å². The number of carbonyl (C=O) groups is 1. The molecule has 0 atom stereocenters. The van der Waals surface area contributed by atoms with E-state index in [0.717, 1.165) is 43.9 Å². The fourth-order valence-electron chi connectivity index (χ4n) is 5.13. The molecule has 3 aromatic rings. The average molecular weight is 382 g/mol. The topological polar surface area (TPSA) is 78.7 Å². The van der Waals surface area contributed by atoms with Gasteiger partial charge in [-0.15, -0.1) is 0 Å². The normalized spacial score (nSPS) is 25.5. The number of amides is 1. The van der Waals surface area contributed by atoms with E-state index in [1.54, 1.807) is 6.20 Å². The first-order valence-electron chi connectivity index (χ1n) is 10.2. The van der Waals surface area contributed by atoms with Gasteiger partial charge in [-0.05, 0) is 85.9 Å². The van der Waals surface area contributed by atoms with Crippen molar-refractivity contribution in [2.24, 2.45) is 5.41 Å². The highest BCUT2D eigenvalue weighted by molar-refractivity contribution is 5.95. The highest BCUT2D eigenvalue weighted by Gasteiger charge is 2.52. The van der Waals surface area contributed by atoms with Crippen molar-refractivity contribution in [1.82, 2.24) is 9.97 Å². The molecule has 0 saturated heterocycles. The summed E-state index contributed by atoms with van der Waals surface area (Å²) in [7, 11) is 0. The van der Waals surface area contributed by atoms with Gasteiger partial charge in [-0.25, -0.2) is 9.97 Å². The Morgan fingerprint density at radius 3 is 2.38 bits per heavy atom. The monoisotopic (exact) mass is 382 g/mol. The molecule has 1 amide bonds. The van der Waals surface area contributed by atoms with E-state index in [1.807, 2.05) is 36.4 Å². The highest BCUT2D eigenvalue weighted by atomic mass is 16.2. The number of pyridine rings is 2. The first-order valence-corrected chi connectivity index (χ1v) is 10.2. The van der Waals surface area contributed by atoms with Crippen molar-refractivity contribution in [3.05, 3.63) is 65.9 Å². The largest absolute Gasteiger partial charge is 0.310 e. The SMILES string of the molecule is N#Cc1ccc(C23CCC(C(=O)Nc4ccc5cccnc5n4)(CC2)CC3)cc1. The maximum Gasteiger partial charge on any atom is 0.231 e. The lowest BCUT2D eigenvalue weighted by molar-refractivity contribution is -0.132. The van der Waals surface area contributed by atoms with E-state index < -0.39 is 0 Å². The number of nitriles is 1. The van der Waals surface area contributed by atoms with Gasteiger partial charge < -0.3 is 5.32 Å². The lowest BCUT2D eigenvalue weighted by Gasteiger charge is -2.52. The maximum absolute atomic E-state index is 13.2. The molecule has 29 heavy (non-hydrogen) atoms. The second kappa shape index (κ2) is 6.66. The molecule has 5 heteroatoms. The third kappa shape index (κ3) is 2.96. The highest BCUT2D eigenvalue weighted by Crippen LogP contribution is 2.58. The van der Waals surface area contributed by atoms with Crippen LogP contribution in [0.25, 0.3) is 11.0 Å². The van der Waals surface area contributed by atoms with E-state index in [-0.39, 0.29) is 16.7 Å². The van der Waals surface area contributed by atoms with Gasteiger partial charge >= 0.3 is 0 Å². The van der Waals surface area contributed by atoms with Crippen LogP contribution in [0.1, 0.15) is 49.7 Å². The zero-order valence-electron chi connectivity index (χ0n) is 16.2. The molecule has 0 spiro atoms. The van der Waals surface area contributed by atoms with Crippen molar-refractivity contribution < 1.29 is 4.79 Å². The minimum absolute atomic E-state index is 0.0911. The number of fused-ring (bicyclic) bond motifs is 4. The van der Waals surface area contributed by atoms with E-state index >= 15 is 0 Å². The molecule has 1 N–H and O–H groups in total. The molecule has 2 heterocycles. The number of nitrogens with one attached hydrogen (secondary N) is 1. The van der Waals surface area contributed by atoms with Crippen LogP contribution < -0.4 is 5.32 Å². The Balaban J connectivity index is 1.32. The minimum Gasteiger partial charge on any atom is -0.310 e. The molecule has 0 unspecified atom stereocenters. The van der Waals surface area contributed by atoms with Crippen LogP contribution in [0, 0.1) is 16.7 Å². The summed E-state index contributed by atoms with van der Waals surface area (Å²) in [6.45, 7) is 0. The summed E-state index contributed by atoms with van der Waals surface area (Å²) < 4.78 is 0. The zero-order valence-corrected chi connectivity index (χ0v) is 16.2. The number of nitrogens with zero attached hydrogens (tertiary/aromatic N) is 3. The third-order valence-electron chi connectivity index (χ3n) is 7.06. The van der Waals surface area contributed by atoms with Crippen LogP contribution in [-0.2, 0) is 10.2 Å². The fourth-order valence-corrected chi connectivity index (χ4v) is 5.13. The van der Waals surface area contributed by atoms with Crippen LogP contribution >= 0.6 is 0 Å². The Kier molecular flexibility index (Phi) is 4.09. The maximum atomic E-state index is 13.2. The van der Waals surface area contributed by atoms with Crippen molar-refractivity contribution in [3.63, 3.8) is 0 Å². The summed E-state index contributed by atoms with van der Waals surface area (Å²) in [5, 5.41) is 13.1. The Morgan fingerprint density at radius 2 is 1.69 bits per heavy atom. The van der Waals surface area contributed by atoms with Crippen LogP contribution in [0.15, 0.2) is 54.7 Å². The Bertz CT molecular complexity index is 1110. The molecule has 3 aliphatic carbocycles. The minimum atomic E-state index is -0.297. The van der Waals surface area contributed by atoms with Gasteiger partial charge in [0.1, 0.15) is 5.82 Å². The molecule has 3 saturated carbocycles. The van der Waals surface area contributed by atoms with Crippen molar-refractivity contribution >= 4 is 22.8 Å². The summed E-state index contributed by atoms with van der Waals surface area (Å²) in [6.07, 6.45) is 7.43. The zero-order chi connectivity index (χ0) is 19.9. The Hall–Kier alpha value is -3.26. The summed E-state index contributed by atoms with van der Waals surface area (Å²) in [4.78, 5) is 22.0. The van der Waals surface area contributed by atoms with Gasteiger partial charge in [0.15, 0.2) is 5.65 Å². The van der Waals surface area contributed by atoms with Crippen LogP contribution in [0.5, 0.6) is 0 Å². The number of hydrogen-bond donors (Lipinski definition) is 1. The third-order valence-corrected chi connectivity index (χ3v) is 7.06. The van der Waals surface area contributed by atoms with Crippen LogP contribution in [-0.4, -0.2) is 15.9 Å². The summed E-state index contributed by atoms with van der Waals surface area (Å²) in [5.41, 5.74) is 2.52. The molecule has 5 nitrogen and oxygen atoms in total. The van der Waals surface area contributed by atoms with Crippen molar-refractivity contribution in [2.75, 3.05) is 5.32 Å². The standard InChI is InChI=1S/C24H22N4O/c25-16-17-3-6-19(7-4-17)23-9-12-24(13-10-23,14-11-23)22(29)28-20-8-5-18-2-1-15-26-21(18)27-20/h1-8,15H,9-14H2,(H,26,27,28,29). The van der Waals surface area contributed by atoms with Gasteiger partial charge in [-0.2, -0.15) is 5.26 Å². The lowest BCUT2D eigenvalue weighted by atomic mass is 9.51. The molecule has 2 aromatic heterocycles. The van der Waals surface area contributed by atoms with Crippen molar-refractivity contribution in [2.45, 2.75) is 43.9 Å². The van der Waals surface area contributed by atoms with Gasteiger partial charge in [0, 0.05) is 17.0 Å². The van der Waals surface area contributed by atoms with Crippen LogP contribution in [0.2, 0.25) is 0 Å². The molecule has 144 valence electrons. The lowest BCUT2D eigenvalue weighted by Crippen LogP contribution is -2.49. The molecule has 3 fully saturated rings. The summed E-state index contributed by atoms with van der Waals surface area (Å²) in [6, 6.07) is 17.8. The fraction of sp³-hybridized carbons (Fsp3) is 0.333. The molecule has 6 rings (SSSR count). The van der Waals surface area contributed by atoms with E-state index in [0.29, 0.717) is 17.0 Å². The number of carbonyl (C=O) groups excluding carboxylic acids is 1. The van der Waals surface area contributed by atoms with E-state index in [9.17, 15) is 4.79 Å². The first-order chi connectivity index (χ1) is 14.1. The quantitative estimate of drug-likeness (QED) is 0.710. The van der Waals surface area contributed by atoms with E-state index in [2.05, 4.69) is 33.5 Å². The van der Waals surface area contributed by atoms with Gasteiger partial charge in [-0.1, -0.05) is 12.1 Å². The van der Waals surface area contributed by atoms with E-state index in [4.69, 9.17) is 5.26 Å². The smallest absolute Gasteiger partial charge is 0.231 e. The number of anilines is 1. The average Bonchev–Trinajstić information content (AvgIpc) is 2.80. The summed E-state index contributed by atoms with van der Waals surface area (Å²) in [5.74, 6) is 0.665. The van der Waals surface area contributed by atoms with Crippen molar-refractivity contribution in [1.29, 1.82) is 5.26 Å². The molecule has 0 radical (unpaired) electrons. The predicted octanol–water partition coefficient (Wildman–Crippen LogP) is 4.73. The van der Waals surface area contributed by atoms with Crippen LogP contribution in [0.3, 0.4) is 0 Å². The van der Waals surface area contributed by atoms with Crippen LogP contribution in [0.4, 0.5) is 5.82 Å². The second-order valence-electron chi connectivity index (χ2n) is 8.45. The number of aromatic nitrogens is 2. The molecule has 1 aromatic carbocycles. The Morgan fingerprint density at radius 1 is 0.966 bits per heavy atom. The Labute approximate surface area is 169 Å². The number of rotatable bonds is 3. The summed E-state index contributed by atoms with van der Waals surface area (Å²) >= 11 is 0. The first kappa shape index (κ1) is 17.8. The molecular weight excluding hydrogens is 360 g/mol. The molecular formula is C24H22N4O. The van der Waals surface area contributed by atoms with Gasteiger partial charge in [0.25, 0.3) is 0 Å². The molecule has 0 aliphatic heterocycles. The van der Waals surface area contributed by atoms with E-state index in [1.165, 1.54) is 5.56 Å². The second-order valence-corrected chi connectivity index (χ2v) is 8.45. The molecule has 2 bridgehead atoms. The number of hydrogen-bond acceptors (Lipinski definition) is 4. The van der Waals surface area contributed by atoms with Gasteiger partial charge in [0.05, 0.1) is 11.6 Å². The number of benzene rings is 1. The van der Waals surface area contributed by atoms with Gasteiger partial charge in [0.2, 0.25) is 5.91 Å². The molecule has 3 aliphatic rings. The van der Waals surface area contributed by atoms with Crippen molar-refractivity contribution in [3.8, 4) is 6.07 Å². The predicted molar refractivity (Wildman–Crippen MR) is 111 cm³/mol.